The van der Waals surface area contributed by atoms with E-state index in [2.05, 4.69) is 27.1 Å². The van der Waals surface area contributed by atoms with E-state index in [9.17, 15) is 9.59 Å². The van der Waals surface area contributed by atoms with E-state index in [1.807, 2.05) is 13.0 Å². The molecule has 0 aliphatic heterocycles. The van der Waals surface area contributed by atoms with Crippen molar-refractivity contribution in [1.29, 1.82) is 0 Å². The van der Waals surface area contributed by atoms with Gasteiger partial charge in [-0.15, -0.1) is 5.10 Å². The van der Waals surface area contributed by atoms with E-state index in [1.165, 1.54) is 12.6 Å². The van der Waals surface area contributed by atoms with Gasteiger partial charge >= 0.3 is 5.69 Å². The molecule has 0 amide bonds. The van der Waals surface area contributed by atoms with Gasteiger partial charge in [-0.3, -0.25) is 9.78 Å². The Balaban J connectivity index is 0.00000121. The molecule has 2 atom stereocenters. The molecular formula is C14H20N4O2. The van der Waals surface area contributed by atoms with E-state index in [4.69, 9.17) is 0 Å². The lowest BCUT2D eigenvalue weighted by Gasteiger charge is -2.06. The summed E-state index contributed by atoms with van der Waals surface area (Å²) < 4.78 is 0. The predicted molar refractivity (Wildman–Crippen MR) is 78.8 cm³/mol. The van der Waals surface area contributed by atoms with Crippen LogP contribution in [0.2, 0.25) is 0 Å². The van der Waals surface area contributed by atoms with Gasteiger partial charge in [0.25, 0.3) is 5.56 Å². The minimum atomic E-state index is -0.521. The third-order valence-corrected chi connectivity index (χ3v) is 3.96. The Morgan fingerprint density at radius 3 is 2.85 bits per heavy atom. The Bertz CT molecular complexity index is 772. The Morgan fingerprint density at radius 1 is 1.40 bits per heavy atom. The van der Waals surface area contributed by atoms with Crippen molar-refractivity contribution in [1.82, 2.24) is 20.2 Å². The van der Waals surface area contributed by atoms with Crippen LogP contribution >= 0.6 is 0 Å². The zero-order chi connectivity index (χ0) is 14.3. The molecule has 1 aliphatic carbocycles. The lowest BCUT2D eigenvalue weighted by Crippen LogP contribution is -2.23. The van der Waals surface area contributed by atoms with Gasteiger partial charge in [-0.2, -0.15) is 5.10 Å². The monoisotopic (exact) mass is 276 g/mol. The van der Waals surface area contributed by atoms with Crippen molar-refractivity contribution in [2.45, 2.75) is 32.6 Å². The van der Waals surface area contributed by atoms with Gasteiger partial charge in [0, 0.05) is 9.05 Å². The van der Waals surface area contributed by atoms with Crippen LogP contribution in [0.4, 0.5) is 0 Å². The second-order valence-electron chi connectivity index (χ2n) is 5.27. The van der Waals surface area contributed by atoms with Crippen LogP contribution in [0.5, 0.6) is 0 Å². The molecule has 20 heavy (non-hydrogen) atoms. The fourth-order valence-corrected chi connectivity index (χ4v) is 2.65. The van der Waals surface area contributed by atoms with E-state index >= 15 is 0 Å². The van der Waals surface area contributed by atoms with E-state index in [-0.39, 0.29) is 2.85 Å². The Labute approximate surface area is 118 Å². The normalized spacial score (nSPS) is 20.9. The first-order chi connectivity index (χ1) is 9.60. The minimum absolute atomic E-state index is 0. The average molecular weight is 276 g/mol. The van der Waals surface area contributed by atoms with Crippen LogP contribution in [-0.4, -0.2) is 20.2 Å². The Morgan fingerprint density at radius 2 is 2.20 bits per heavy atom. The van der Waals surface area contributed by atoms with Crippen LogP contribution in [-0.2, 0) is 0 Å². The summed E-state index contributed by atoms with van der Waals surface area (Å²) in [5.41, 5.74) is 1.95. The predicted octanol–water partition coefficient (Wildman–Crippen LogP) is 1.83. The fraction of sp³-hybridized carbons (Fsp3) is 0.429. The number of aromatic amines is 2. The largest absolute Gasteiger partial charge is 0.325 e. The summed E-state index contributed by atoms with van der Waals surface area (Å²) in [6.45, 7) is 4.12. The highest BCUT2D eigenvalue weighted by molar-refractivity contribution is 5.57. The van der Waals surface area contributed by atoms with Crippen molar-refractivity contribution < 1.29 is 2.85 Å². The highest BCUT2D eigenvalue weighted by Gasteiger charge is 2.38. The van der Waals surface area contributed by atoms with Gasteiger partial charge < -0.3 is 4.98 Å². The van der Waals surface area contributed by atoms with E-state index in [0.29, 0.717) is 23.1 Å². The summed E-state index contributed by atoms with van der Waals surface area (Å²) in [6.07, 6.45) is 3.71. The van der Waals surface area contributed by atoms with Crippen molar-refractivity contribution in [3.63, 3.8) is 0 Å². The number of nitrogens with zero attached hydrogens (tertiary/aromatic N) is 2. The molecule has 0 saturated heterocycles. The Hall–Kier alpha value is -2.24. The third-order valence-electron chi connectivity index (χ3n) is 3.96. The SMILES string of the molecule is CC[C@H]1C[C@@H]1c1cc(-c2c[nH]c(=O)[nH]c2=O)nnc1C.[HH].[HH]. The van der Waals surface area contributed by atoms with Crippen LogP contribution in [0.25, 0.3) is 11.3 Å². The zero-order valence-corrected chi connectivity index (χ0v) is 11.4. The molecule has 3 rings (SSSR count). The highest BCUT2D eigenvalue weighted by atomic mass is 16.2. The molecule has 2 heterocycles. The maximum atomic E-state index is 11.8. The van der Waals surface area contributed by atoms with Crippen molar-refractivity contribution in [2.75, 3.05) is 0 Å². The molecule has 1 aliphatic rings. The quantitative estimate of drug-likeness (QED) is 0.894. The summed E-state index contributed by atoms with van der Waals surface area (Å²) in [5.74, 6) is 1.23. The first-order valence-corrected chi connectivity index (χ1v) is 6.76. The van der Waals surface area contributed by atoms with Gasteiger partial charge in [0.2, 0.25) is 0 Å². The average Bonchev–Trinajstić information content (AvgIpc) is 3.19. The van der Waals surface area contributed by atoms with Crippen molar-refractivity contribution >= 4 is 0 Å². The van der Waals surface area contributed by atoms with Crippen LogP contribution in [0.3, 0.4) is 0 Å². The number of H-pyrrole nitrogens is 2. The van der Waals surface area contributed by atoms with E-state index in [1.54, 1.807) is 0 Å². The second-order valence-corrected chi connectivity index (χ2v) is 5.27. The fourth-order valence-electron chi connectivity index (χ4n) is 2.65. The molecule has 0 aromatic carbocycles. The first-order valence-electron chi connectivity index (χ1n) is 6.76. The van der Waals surface area contributed by atoms with Crippen LogP contribution in [0.1, 0.15) is 39.8 Å². The summed E-state index contributed by atoms with van der Waals surface area (Å²) in [6, 6.07) is 1.92. The first kappa shape index (κ1) is 12.8. The molecule has 1 fully saturated rings. The molecule has 0 bridgehead atoms. The van der Waals surface area contributed by atoms with Crippen LogP contribution in [0.15, 0.2) is 21.9 Å². The molecule has 2 aromatic heterocycles. The number of hydrogen-bond acceptors (Lipinski definition) is 4. The smallest absolute Gasteiger partial charge is 0.313 e. The van der Waals surface area contributed by atoms with E-state index in [0.717, 1.165) is 17.7 Å². The summed E-state index contributed by atoms with van der Waals surface area (Å²) in [5, 5.41) is 8.22. The van der Waals surface area contributed by atoms with Gasteiger partial charge in [0.1, 0.15) is 5.69 Å². The number of hydrogen-bond donors (Lipinski definition) is 2. The lowest BCUT2D eigenvalue weighted by molar-refractivity contribution is 0.758. The number of aromatic nitrogens is 4. The molecule has 0 spiro atoms. The number of aryl methyl sites for hydroxylation is 1. The van der Waals surface area contributed by atoms with Gasteiger partial charge in [0.05, 0.1) is 11.3 Å². The highest BCUT2D eigenvalue weighted by Crippen LogP contribution is 2.50. The van der Waals surface area contributed by atoms with Crippen LogP contribution in [0, 0.1) is 12.8 Å². The lowest BCUT2D eigenvalue weighted by atomic mass is 10.1. The zero-order valence-electron chi connectivity index (χ0n) is 11.4. The van der Waals surface area contributed by atoms with Crippen molar-refractivity contribution in [3.05, 3.63) is 44.4 Å². The molecule has 6 heteroatoms. The molecule has 1 saturated carbocycles. The molecule has 2 N–H and O–H groups in total. The number of nitrogens with one attached hydrogen (secondary N) is 2. The molecular weight excluding hydrogens is 256 g/mol. The molecule has 108 valence electrons. The van der Waals surface area contributed by atoms with Gasteiger partial charge in [0.15, 0.2) is 0 Å². The number of rotatable bonds is 3. The summed E-state index contributed by atoms with van der Waals surface area (Å²) in [4.78, 5) is 27.5. The molecule has 0 unspecified atom stereocenters. The van der Waals surface area contributed by atoms with E-state index < -0.39 is 11.2 Å². The standard InChI is InChI=1S/C14H16N4O2.2H2/c1-3-8-4-10(8)9-5-12(18-17-7(9)2)11-6-15-14(20)16-13(11)19;;/h5-6,8,10H,3-4H2,1-2H3,(H2,15,16,19,20);2*1H/t8-,10-;;/m0../s1. The topological polar surface area (TPSA) is 91.5 Å². The van der Waals surface area contributed by atoms with Crippen molar-refractivity contribution in [2.24, 2.45) is 5.92 Å². The molecule has 6 nitrogen and oxygen atoms in total. The maximum Gasteiger partial charge on any atom is 0.325 e. The molecule has 0 radical (unpaired) electrons. The summed E-state index contributed by atoms with van der Waals surface area (Å²) >= 11 is 0. The minimum Gasteiger partial charge on any atom is -0.313 e. The van der Waals surface area contributed by atoms with Crippen LogP contribution < -0.4 is 11.2 Å². The summed E-state index contributed by atoms with van der Waals surface area (Å²) in [7, 11) is 0. The van der Waals surface area contributed by atoms with Gasteiger partial charge in [-0.05, 0) is 36.8 Å². The van der Waals surface area contributed by atoms with Gasteiger partial charge in [-0.25, -0.2) is 4.79 Å². The maximum absolute atomic E-state index is 11.8. The second kappa shape index (κ2) is 4.70. The third kappa shape index (κ3) is 2.17. The molecule has 2 aromatic rings. The Kier molecular flexibility index (Phi) is 3.00. The van der Waals surface area contributed by atoms with Gasteiger partial charge in [-0.1, -0.05) is 13.3 Å². The van der Waals surface area contributed by atoms with Crippen molar-refractivity contribution in [3.8, 4) is 11.3 Å².